The lowest BCUT2D eigenvalue weighted by Gasteiger charge is -2.14. The molecular formula is C30H17F5N4O3. The van der Waals surface area contributed by atoms with Gasteiger partial charge in [-0.2, -0.15) is 23.5 Å². The second kappa shape index (κ2) is 11.1. The number of carbonyl (C=O) groups is 1. The fourth-order valence-corrected chi connectivity index (χ4v) is 4.21. The number of hydrogen-bond acceptors (Lipinski definition) is 5. The summed E-state index contributed by atoms with van der Waals surface area (Å²) in [5, 5.41) is 21.7. The van der Waals surface area contributed by atoms with Crippen molar-refractivity contribution >= 4 is 5.97 Å². The van der Waals surface area contributed by atoms with Crippen LogP contribution in [0.5, 0.6) is 5.75 Å². The number of aromatic nitrogens is 3. The number of halogens is 5. The molecule has 0 amide bonds. The average Bonchev–Trinajstić information content (AvgIpc) is 3.44. The highest BCUT2D eigenvalue weighted by Crippen LogP contribution is 2.35. The van der Waals surface area contributed by atoms with Crippen molar-refractivity contribution in [2.45, 2.75) is 12.8 Å². The third-order valence-electron chi connectivity index (χ3n) is 6.22. The van der Waals surface area contributed by atoms with Crippen LogP contribution >= 0.6 is 0 Å². The van der Waals surface area contributed by atoms with E-state index in [2.05, 4.69) is 10.1 Å². The van der Waals surface area contributed by atoms with Gasteiger partial charge in [0, 0.05) is 11.1 Å². The van der Waals surface area contributed by atoms with E-state index >= 15 is 0 Å². The number of carboxylic acids is 1. The molecule has 210 valence electrons. The first-order valence-electron chi connectivity index (χ1n) is 12.1. The maximum Gasteiger partial charge on any atom is 0.434 e. The second-order valence-corrected chi connectivity index (χ2v) is 8.93. The number of hydrogen-bond donors (Lipinski definition) is 1. The minimum atomic E-state index is -5.06. The Bertz CT molecular complexity index is 1840. The number of carboxylic acid groups (broad SMARTS) is 1. The molecule has 0 bridgehead atoms. The van der Waals surface area contributed by atoms with Crippen molar-refractivity contribution in [3.8, 4) is 40.0 Å². The van der Waals surface area contributed by atoms with Gasteiger partial charge >= 0.3 is 12.1 Å². The average molecular weight is 576 g/mol. The number of aromatic carboxylic acids is 1. The van der Waals surface area contributed by atoms with Gasteiger partial charge in [-0.1, -0.05) is 30.3 Å². The number of pyridine rings is 1. The first-order chi connectivity index (χ1) is 20.0. The zero-order chi connectivity index (χ0) is 30.0. The predicted octanol–water partition coefficient (Wildman–Crippen LogP) is 7.05. The van der Waals surface area contributed by atoms with Crippen LogP contribution in [-0.2, 0) is 12.8 Å². The number of alkyl halides is 3. The summed E-state index contributed by atoms with van der Waals surface area (Å²) in [5.74, 6) is -3.38. The lowest BCUT2D eigenvalue weighted by Crippen LogP contribution is -2.18. The van der Waals surface area contributed by atoms with Gasteiger partial charge < -0.3 is 9.84 Å². The van der Waals surface area contributed by atoms with Gasteiger partial charge in [-0.25, -0.2) is 23.2 Å². The molecule has 0 atom stereocenters. The van der Waals surface area contributed by atoms with Crippen molar-refractivity contribution in [2.75, 3.05) is 0 Å². The van der Waals surface area contributed by atoms with Crippen LogP contribution in [0.25, 0.3) is 28.2 Å². The summed E-state index contributed by atoms with van der Waals surface area (Å²) >= 11 is 0. The third kappa shape index (κ3) is 5.66. The molecule has 1 N–H and O–H groups in total. The molecule has 7 nitrogen and oxygen atoms in total. The van der Waals surface area contributed by atoms with Crippen LogP contribution in [0.1, 0.15) is 27.2 Å². The molecule has 0 saturated heterocycles. The lowest BCUT2D eigenvalue weighted by atomic mass is 10.0. The molecule has 5 rings (SSSR count). The number of rotatable bonds is 7. The van der Waals surface area contributed by atoms with Gasteiger partial charge in [0.25, 0.3) is 0 Å². The summed E-state index contributed by atoms with van der Waals surface area (Å²) in [4.78, 5) is 15.5. The van der Waals surface area contributed by atoms with E-state index in [-0.39, 0.29) is 35.0 Å². The highest BCUT2D eigenvalue weighted by atomic mass is 19.4. The molecule has 0 unspecified atom stereocenters. The van der Waals surface area contributed by atoms with Gasteiger partial charge in [-0.05, 0) is 59.7 Å². The topological polar surface area (TPSA) is 101 Å². The fourth-order valence-electron chi connectivity index (χ4n) is 4.21. The van der Waals surface area contributed by atoms with E-state index < -0.39 is 35.0 Å². The Balaban J connectivity index is 1.44. The normalized spacial score (nSPS) is 11.2. The smallest absolute Gasteiger partial charge is 0.434 e. The minimum absolute atomic E-state index is 0.000801. The van der Waals surface area contributed by atoms with Crippen LogP contribution in [0, 0.1) is 23.0 Å². The van der Waals surface area contributed by atoms with E-state index in [0.717, 1.165) is 12.1 Å². The van der Waals surface area contributed by atoms with Crippen molar-refractivity contribution < 1.29 is 36.6 Å². The van der Waals surface area contributed by atoms with Gasteiger partial charge in [0.2, 0.25) is 0 Å². The number of nitriles is 1. The van der Waals surface area contributed by atoms with Gasteiger partial charge in [-0.15, -0.1) is 0 Å². The van der Waals surface area contributed by atoms with Crippen molar-refractivity contribution in [2.24, 2.45) is 0 Å². The Labute approximate surface area is 234 Å². The van der Waals surface area contributed by atoms with Crippen LogP contribution in [0.4, 0.5) is 22.0 Å². The van der Waals surface area contributed by atoms with E-state index in [4.69, 9.17) is 10.00 Å². The summed E-state index contributed by atoms with van der Waals surface area (Å²) in [6.07, 6.45) is -4.49. The molecule has 12 heteroatoms. The summed E-state index contributed by atoms with van der Waals surface area (Å²) in [6.45, 7) is -0.267. The molecule has 0 fully saturated rings. The molecule has 0 aliphatic carbocycles. The van der Waals surface area contributed by atoms with E-state index in [1.807, 2.05) is 6.07 Å². The molecule has 2 aromatic heterocycles. The van der Waals surface area contributed by atoms with Crippen LogP contribution in [-0.4, -0.2) is 25.8 Å². The largest absolute Gasteiger partial charge is 0.488 e. The highest BCUT2D eigenvalue weighted by Gasteiger charge is 2.41. The van der Waals surface area contributed by atoms with Gasteiger partial charge in [0.1, 0.15) is 29.6 Å². The van der Waals surface area contributed by atoms with Crippen LogP contribution < -0.4 is 4.74 Å². The number of ether oxygens (including phenoxy) is 1. The Morgan fingerprint density at radius 3 is 2.38 bits per heavy atom. The van der Waals surface area contributed by atoms with Crippen molar-refractivity contribution in [3.63, 3.8) is 0 Å². The zero-order valence-electron chi connectivity index (χ0n) is 21.2. The molecule has 2 heterocycles. The maximum absolute atomic E-state index is 15.0. The van der Waals surface area contributed by atoms with Gasteiger partial charge in [0.15, 0.2) is 11.5 Å². The summed E-state index contributed by atoms with van der Waals surface area (Å²) in [5.41, 5.74) is -0.607. The van der Waals surface area contributed by atoms with Crippen LogP contribution in [0.2, 0.25) is 0 Å². The molecule has 0 radical (unpaired) electrons. The quantitative estimate of drug-likeness (QED) is 0.209. The molecule has 42 heavy (non-hydrogen) atoms. The van der Waals surface area contributed by atoms with Gasteiger partial charge in [-0.3, -0.25) is 0 Å². The molecule has 0 spiro atoms. The standard InChI is InChI=1S/C30H17F5N4O3/c31-21-10-11-26(42-16-20-9-8-19(12-24(20)32)18-6-4-17(14-36)5-7-18)22(13-21)25-2-1-3-27(38-25)39-28(30(33,34)35)23(15-37-39)29(40)41/h1-13,15H,16H2,(H,40,41). The Hall–Kier alpha value is -5.57. The molecule has 0 aliphatic heterocycles. The first kappa shape index (κ1) is 28.0. The monoisotopic (exact) mass is 576 g/mol. The fraction of sp³-hybridized carbons (Fsp3) is 0.0667. The Morgan fingerprint density at radius 2 is 1.71 bits per heavy atom. The van der Waals surface area contributed by atoms with E-state index in [9.17, 15) is 31.9 Å². The maximum atomic E-state index is 15.0. The lowest BCUT2D eigenvalue weighted by molar-refractivity contribution is -0.143. The van der Waals surface area contributed by atoms with E-state index in [1.54, 1.807) is 30.3 Å². The molecule has 3 aromatic carbocycles. The van der Waals surface area contributed by atoms with Gasteiger partial charge in [0.05, 0.1) is 23.5 Å². The summed E-state index contributed by atoms with van der Waals surface area (Å²) in [7, 11) is 0. The van der Waals surface area contributed by atoms with Crippen molar-refractivity contribution in [1.82, 2.24) is 14.8 Å². The Kier molecular flexibility index (Phi) is 7.41. The minimum Gasteiger partial charge on any atom is -0.488 e. The van der Waals surface area contributed by atoms with E-state index in [1.165, 1.54) is 36.4 Å². The first-order valence-corrected chi connectivity index (χ1v) is 12.1. The summed E-state index contributed by atoms with van der Waals surface area (Å²) < 4.78 is 76.5. The molecular weight excluding hydrogens is 559 g/mol. The molecule has 0 aliphatic rings. The third-order valence-corrected chi connectivity index (χ3v) is 6.22. The van der Waals surface area contributed by atoms with E-state index in [0.29, 0.717) is 27.6 Å². The van der Waals surface area contributed by atoms with Crippen LogP contribution in [0.15, 0.2) is 85.1 Å². The van der Waals surface area contributed by atoms with Crippen LogP contribution in [0.3, 0.4) is 0 Å². The Morgan fingerprint density at radius 1 is 0.976 bits per heavy atom. The van der Waals surface area contributed by atoms with Crippen molar-refractivity contribution in [1.29, 1.82) is 5.26 Å². The zero-order valence-corrected chi connectivity index (χ0v) is 21.2. The van der Waals surface area contributed by atoms with Crippen molar-refractivity contribution in [3.05, 3.63) is 119 Å². The predicted molar refractivity (Wildman–Crippen MR) is 140 cm³/mol. The number of nitrogens with zero attached hydrogens (tertiary/aromatic N) is 4. The SMILES string of the molecule is N#Cc1ccc(-c2ccc(COc3ccc(F)cc3-c3cccc(-n4ncc(C(=O)O)c4C(F)(F)F)n3)c(F)c2)cc1. The molecule has 0 saturated carbocycles. The highest BCUT2D eigenvalue weighted by molar-refractivity contribution is 5.89. The molecule has 5 aromatic rings. The summed E-state index contributed by atoms with van der Waals surface area (Å²) in [6, 6.07) is 20.5. The second-order valence-electron chi connectivity index (χ2n) is 8.93. The number of benzene rings is 3.